The van der Waals surface area contributed by atoms with Gasteiger partial charge in [-0.1, -0.05) is 11.3 Å². The zero-order valence-electron chi connectivity index (χ0n) is 14.2. The molecule has 0 aliphatic heterocycles. The Morgan fingerprint density at radius 2 is 1.71 bits per heavy atom. The monoisotopic (exact) mass is 475 g/mol. The second kappa shape index (κ2) is 7.14. The number of alkyl halides is 8. The predicted octanol–water partition coefficient (Wildman–Crippen LogP) is 4.28. The minimum Gasteiger partial charge on any atom is -0.506 e. The zero-order chi connectivity index (χ0) is 23.4. The number of carbonyl (C=O) groups is 1. The Hall–Kier alpha value is -3.30. The maximum absolute atomic E-state index is 13.2. The number of anilines is 1. The Balaban J connectivity index is 1.96. The van der Waals surface area contributed by atoms with Crippen LogP contribution in [0.4, 0.5) is 40.3 Å². The highest BCUT2D eigenvalue weighted by Crippen LogP contribution is 2.45. The molecule has 0 saturated heterocycles. The van der Waals surface area contributed by atoms with Crippen LogP contribution in [-0.2, 0) is 12.1 Å². The summed E-state index contributed by atoms with van der Waals surface area (Å²) in [5, 5.41) is 14.2. The minimum atomic E-state index is -5.99. The number of hydrogen-bond acceptors (Lipinski definition) is 7. The van der Waals surface area contributed by atoms with E-state index in [2.05, 4.69) is 14.6 Å². The number of nitrogens with one attached hydrogen (secondary N) is 1. The number of amides is 1. The summed E-state index contributed by atoms with van der Waals surface area (Å²) in [5.74, 6) is -8.01. The molecule has 2 heterocycles. The van der Waals surface area contributed by atoms with E-state index < -0.39 is 67.8 Å². The third kappa shape index (κ3) is 4.01. The number of nitrogens with zero attached hydrogens (tertiary/aromatic N) is 2. The molecule has 1 aromatic carbocycles. The number of aromatic nitrogens is 2. The van der Waals surface area contributed by atoms with Crippen molar-refractivity contribution in [2.45, 2.75) is 18.3 Å². The van der Waals surface area contributed by atoms with Crippen LogP contribution in [0.25, 0.3) is 11.0 Å². The molecule has 3 rings (SSSR count). The minimum absolute atomic E-state index is 0.354. The average Bonchev–Trinajstić information content (AvgIpc) is 3.08. The molecule has 2 aromatic heterocycles. The molecule has 0 atom stereocenters. The van der Waals surface area contributed by atoms with Gasteiger partial charge in [0.2, 0.25) is 5.13 Å². The smallest absolute Gasteiger partial charge is 0.460 e. The second-order valence-electron chi connectivity index (χ2n) is 5.76. The van der Waals surface area contributed by atoms with E-state index >= 15 is 0 Å². The molecule has 31 heavy (non-hydrogen) atoms. The number of halogens is 8. The Morgan fingerprint density at radius 3 is 2.29 bits per heavy atom. The first-order chi connectivity index (χ1) is 14.1. The Kier molecular flexibility index (Phi) is 5.16. The van der Waals surface area contributed by atoms with Gasteiger partial charge in [0.15, 0.2) is 10.6 Å². The van der Waals surface area contributed by atoms with Crippen LogP contribution in [0.2, 0.25) is 0 Å². The number of aromatic hydroxyl groups is 1. The van der Waals surface area contributed by atoms with Crippen molar-refractivity contribution in [3.63, 3.8) is 0 Å². The van der Waals surface area contributed by atoms with Crippen LogP contribution in [0, 0.1) is 0 Å². The predicted molar refractivity (Wildman–Crippen MR) is 87.0 cm³/mol. The third-order valence-corrected chi connectivity index (χ3v) is 4.61. The number of rotatable bonds is 3. The molecule has 0 spiro atoms. The summed E-state index contributed by atoms with van der Waals surface area (Å²) in [6, 6.07) is 1.63. The van der Waals surface area contributed by atoms with E-state index in [1.54, 1.807) is 5.32 Å². The van der Waals surface area contributed by atoms with Crippen LogP contribution in [0.15, 0.2) is 27.4 Å². The molecule has 7 nitrogen and oxygen atoms in total. The normalized spacial score (nSPS) is 12.9. The van der Waals surface area contributed by atoms with Gasteiger partial charge in [-0.15, -0.1) is 10.2 Å². The molecule has 16 heteroatoms. The Morgan fingerprint density at radius 1 is 1.06 bits per heavy atom. The van der Waals surface area contributed by atoms with Gasteiger partial charge in [-0.3, -0.25) is 10.1 Å². The summed E-state index contributed by atoms with van der Waals surface area (Å²) in [7, 11) is 0. The van der Waals surface area contributed by atoms with Crippen molar-refractivity contribution in [2.24, 2.45) is 0 Å². The first kappa shape index (κ1) is 22.4. The fourth-order valence-electron chi connectivity index (χ4n) is 2.24. The van der Waals surface area contributed by atoms with E-state index in [1.807, 2.05) is 0 Å². The molecular weight excluding hydrogens is 470 g/mol. The van der Waals surface area contributed by atoms with E-state index in [9.17, 15) is 49.8 Å². The van der Waals surface area contributed by atoms with Crippen LogP contribution >= 0.6 is 11.3 Å². The summed E-state index contributed by atoms with van der Waals surface area (Å²) in [4.78, 5) is 24.2. The maximum Gasteiger partial charge on any atom is 0.460 e. The summed E-state index contributed by atoms with van der Waals surface area (Å²) in [6.07, 6.45) is -10.8. The third-order valence-electron chi connectivity index (χ3n) is 3.70. The van der Waals surface area contributed by atoms with E-state index in [-0.39, 0.29) is 11.3 Å². The largest absolute Gasteiger partial charge is 0.506 e. The quantitative estimate of drug-likeness (QED) is 0.433. The van der Waals surface area contributed by atoms with Crippen molar-refractivity contribution in [3.8, 4) is 5.75 Å². The van der Waals surface area contributed by atoms with Gasteiger partial charge in [-0.25, -0.2) is 4.79 Å². The number of benzene rings is 1. The molecule has 166 valence electrons. The average molecular weight is 475 g/mol. The van der Waals surface area contributed by atoms with Crippen LogP contribution in [0.3, 0.4) is 0 Å². The molecule has 2 N–H and O–H groups in total. The van der Waals surface area contributed by atoms with Crippen molar-refractivity contribution >= 4 is 33.3 Å². The molecule has 0 bridgehead atoms. The molecule has 3 aromatic rings. The lowest BCUT2D eigenvalue weighted by Crippen LogP contribution is -2.33. The van der Waals surface area contributed by atoms with Crippen molar-refractivity contribution < 1.29 is 49.4 Å². The zero-order valence-corrected chi connectivity index (χ0v) is 15.0. The van der Waals surface area contributed by atoms with E-state index in [1.165, 1.54) is 0 Å². The molecule has 0 saturated carbocycles. The number of carbonyl (C=O) groups excluding carboxylic acids is 1. The first-order valence-electron chi connectivity index (χ1n) is 7.60. The van der Waals surface area contributed by atoms with Crippen molar-refractivity contribution in [3.05, 3.63) is 44.8 Å². The van der Waals surface area contributed by atoms with E-state index in [4.69, 9.17) is 0 Å². The molecular formula is C15H5F8N3O4S. The van der Waals surface area contributed by atoms with Crippen molar-refractivity contribution in [1.29, 1.82) is 0 Å². The van der Waals surface area contributed by atoms with Crippen LogP contribution < -0.4 is 10.9 Å². The highest BCUT2D eigenvalue weighted by molar-refractivity contribution is 7.15. The van der Waals surface area contributed by atoms with Gasteiger partial charge in [0, 0.05) is 0 Å². The fourth-order valence-corrected chi connectivity index (χ4v) is 2.98. The van der Waals surface area contributed by atoms with E-state index in [0.29, 0.717) is 18.2 Å². The summed E-state index contributed by atoms with van der Waals surface area (Å²) >= 11 is -0.354. The first-order valence-corrected chi connectivity index (χ1v) is 8.41. The van der Waals surface area contributed by atoms with Gasteiger partial charge in [0.25, 0.3) is 5.91 Å². The fraction of sp³-hybridized carbons (Fsp3) is 0.200. The van der Waals surface area contributed by atoms with Gasteiger partial charge in [-0.05, 0) is 18.2 Å². The summed E-state index contributed by atoms with van der Waals surface area (Å²) in [5.41, 5.74) is -4.68. The lowest BCUT2D eigenvalue weighted by molar-refractivity contribution is -0.289. The van der Waals surface area contributed by atoms with Crippen LogP contribution in [0.1, 0.15) is 20.9 Å². The van der Waals surface area contributed by atoms with Gasteiger partial charge in [0.1, 0.15) is 11.3 Å². The lowest BCUT2D eigenvalue weighted by atomic mass is 10.1. The Bertz CT molecular complexity index is 1230. The number of hydrogen-bond donors (Lipinski definition) is 2. The van der Waals surface area contributed by atoms with Crippen LogP contribution in [0.5, 0.6) is 5.75 Å². The van der Waals surface area contributed by atoms with Crippen LogP contribution in [-0.4, -0.2) is 27.4 Å². The van der Waals surface area contributed by atoms with Crippen molar-refractivity contribution in [1.82, 2.24) is 10.2 Å². The molecule has 0 radical (unpaired) electrons. The summed E-state index contributed by atoms with van der Waals surface area (Å²) in [6.45, 7) is 0. The highest BCUT2D eigenvalue weighted by atomic mass is 32.1. The standard InChI is InChI=1S/C15H5F8N3O4S/c16-13(17,15(21,22)23)11-25-26-12(31-11)24-9(28)7-8(27)5-2-1-4(14(18,19)20)3-6(5)30-10(7)29/h1-3,27H,(H,24,26,28). The molecule has 0 aliphatic rings. The number of fused-ring (bicyclic) bond motifs is 1. The summed E-state index contributed by atoms with van der Waals surface area (Å²) < 4.78 is 106. The van der Waals surface area contributed by atoms with E-state index in [0.717, 1.165) is 0 Å². The molecule has 0 fully saturated rings. The van der Waals surface area contributed by atoms with Gasteiger partial charge >= 0.3 is 23.9 Å². The lowest BCUT2D eigenvalue weighted by Gasteiger charge is -2.15. The molecule has 0 aliphatic carbocycles. The van der Waals surface area contributed by atoms with Gasteiger partial charge in [-0.2, -0.15) is 35.1 Å². The maximum atomic E-state index is 13.2. The molecule has 0 unspecified atom stereocenters. The van der Waals surface area contributed by atoms with Gasteiger partial charge < -0.3 is 9.52 Å². The second-order valence-corrected chi connectivity index (χ2v) is 6.74. The SMILES string of the molecule is O=C(Nc1nnc(C(F)(F)C(F)(F)F)s1)c1c(O)c2ccc(C(F)(F)F)cc2oc1=O. The van der Waals surface area contributed by atoms with Crippen molar-refractivity contribution in [2.75, 3.05) is 5.32 Å². The highest BCUT2D eigenvalue weighted by Gasteiger charge is 2.61. The Labute approximate surface area is 167 Å². The van der Waals surface area contributed by atoms with Gasteiger partial charge in [0.05, 0.1) is 10.9 Å². The topological polar surface area (TPSA) is 105 Å². The molecule has 1 amide bonds.